The Kier molecular flexibility index (Phi) is 5.06. The maximum absolute atomic E-state index is 5.89. The smallest absolute Gasteiger partial charge is 0.230 e. The Morgan fingerprint density at radius 3 is 2.79 bits per heavy atom. The number of methoxy groups -OCH3 is 2. The van der Waals surface area contributed by atoms with E-state index in [4.69, 9.17) is 18.6 Å². The molecule has 0 radical (unpaired) electrons. The van der Waals surface area contributed by atoms with Crippen LogP contribution in [0.3, 0.4) is 0 Å². The van der Waals surface area contributed by atoms with Gasteiger partial charge in [0.05, 0.1) is 32.1 Å². The normalized spacial score (nSPS) is 17.5. The van der Waals surface area contributed by atoms with Crippen molar-refractivity contribution in [1.82, 2.24) is 9.88 Å². The summed E-state index contributed by atoms with van der Waals surface area (Å²) in [5, 5.41) is 0. The van der Waals surface area contributed by atoms with Crippen LogP contribution in [0.2, 0.25) is 0 Å². The Hall–Kier alpha value is -2.05. The third-order valence-electron chi connectivity index (χ3n) is 4.46. The Morgan fingerprint density at radius 1 is 1.29 bits per heavy atom. The molecule has 0 bridgehead atoms. The topological polar surface area (TPSA) is 57.0 Å². The molecule has 0 amide bonds. The highest BCUT2D eigenvalue weighted by atomic mass is 16.5. The average Bonchev–Trinajstić information content (AvgIpc) is 3.25. The molecule has 2 heterocycles. The number of nitrogens with zero attached hydrogens (tertiary/aromatic N) is 2. The van der Waals surface area contributed by atoms with Gasteiger partial charge in [0.1, 0.15) is 17.3 Å². The lowest BCUT2D eigenvalue weighted by Crippen LogP contribution is -2.31. The van der Waals surface area contributed by atoms with Gasteiger partial charge in [-0.2, -0.15) is 0 Å². The van der Waals surface area contributed by atoms with Crippen LogP contribution in [-0.2, 0) is 11.3 Å². The van der Waals surface area contributed by atoms with E-state index < -0.39 is 0 Å². The molecule has 0 aliphatic carbocycles. The summed E-state index contributed by atoms with van der Waals surface area (Å²) in [4.78, 5) is 6.96. The molecule has 1 aliphatic rings. The van der Waals surface area contributed by atoms with E-state index in [0.29, 0.717) is 17.7 Å². The van der Waals surface area contributed by atoms with Crippen LogP contribution >= 0.6 is 0 Å². The van der Waals surface area contributed by atoms with Crippen molar-refractivity contribution in [3.8, 4) is 23.0 Å². The number of likely N-dealkylation sites (N-methyl/N-ethyl adjacent to an activating group) is 1. The van der Waals surface area contributed by atoms with Gasteiger partial charge in [0, 0.05) is 25.3 Å². The molecule has 0 spiro atoms. The minimum atomic E-state index is 0.445. The van der Waals surface area contributed by atoms with Crippen molar-refractivity contribution in [2.75, 3.05) is 34.5 Å². The number of aromatic nitrogens is 1. The van der Waals surface area contributed by atoms with Crippen molar-refractivity contribution in [2.24, 2.45) is 0 Å². The van der Waals surface area contributed by atoms with Crippen molar-refractivity contribution < 1.29 is 18.6 Å². The van der Waals surface area contributed by atoms with Gasteiger partial charge in [0.25, 0.3) is 0 Å². The first kappa shape index (κ1) is 16.8. The summed E-state index contributed by atoms with van der Waals surface area (Å²) in [6.07, 6.45) is 1.06. The van der Waals surface area contributed by atoms with Crippen LogP contribution in [0, 0.1) is 6.92 Å². The molecule has 0 saturated carbocycles. The van der Waals surface area contributed by atoms with Gasteiger partial charge in [0.15, 0.2) is 0 Å². The van der Waals surface area contributed by atoms with E-state index in [0.717, 1.165) is 48.9 Å². The Balaban J connectivity index is 1.83. The van der Waals surface area contributed by atoms with Gasteiger partial charge in [-0.05, 0) is 32.5 Å². The molecule has 1 aromatic carbocycles. The summed E-state index contributed by atoms with van der Waals surface area (Å²) >= 11 is 0. The first-order valence-electron chi connectivity index (χ1n) is 8.09. The van der Waals surface area contributed by atoms with E-state index in [2.05, 4.69) is 16.9 Å². The van der Waals surface area contributed by atoms with Crippen LogP contribution < -0.4 is 9.47 Å². The van der Waals surface area contributed by atoms with Gasteiger partial charge >= 0.3 is 0 Å². The van der Waals surface area contributed by atoms with Crippen molar-refractivity contribution in [3.05, 3.63) is 29.7 Å². The third kappa shape index (κ3) is 3.39. The van der Waals surface area contributed by atoms with Crippen LogP contribution in [0.4, 0.5) is 0 Å². The second kappa shape index (κ2) is 7.23. The first-order valence-corrected chi connectivity index (χ1v) is 8.09. The molecule has 1 fully saturated rings. The molecule has 1 aliphatic heterocycles. The van der Waals surface area contributed by atoms with Crippen LogP contribution in [0.1, 0.15) is 17.9 Å². The second-order valence-corrected chi connectivity index (χ2v) is 6.02. The molecule has 6 heteroatoms. The van der Waals surface area contributed by atoms with Crippen molar-refractivity contribution >= 4 is 0 Å². The highest BCUT2D eigenvalue weighted by molar-refractivity contribution is 5.65. The fourth-order valence-electron chi connectivity index (χ4n) is 2.90. The lowest BCUT2D eigenvalue weighted by Gasteiger charge is -2.21. The zero-order valence-corrected chi connectivity index (χ0v) is 14.7. The standard InChI is InChI=1S/C18H24N2O4/c1-12-16(10-20(2)13-7-8-23-11-13)19-18(24-12)15-6-5-14(21-3)9-17(15)22-4/h5-6,9,13H,7-8,10-11H2,1-4H3/t13-/m0/s1. The second-order valence-electron chi connectivity index (χ2n) is 6.02. The number of ether oxygens (including phenoxy) is 3. The molecule has 0 unspecified atom stereocenters. The van der Waals surface area contributed by atoms with Gasteiger partial charge < -0.3 is 18.6 Å². The lowest BCUT2D eigenvalue weighted by molar-refractivity contribution is 0.155. The first-order chi connectivity index (χ1) is 11.6. The largest absolute Gasteiger partial charge is 0.497 e. The zero-order chi connectivity index (χ0) is 17.1. The van der Waals surface area contributed by atoms with E-state index >= 15 is 0 Å². The number of aryl methyl sites for hydroxylation is 1. The van der Waals surface area contributed by atoms with Crippen molar-refractivity contribution in [3.63, 3.8) is 0 Å². The average molecular weight is 332 g/mol. The van der Waals surface area contributed by atoms with E-state index in [1.807, 2.05) is 25.1 Å². The molecule has 24 heavy (non-hydrogen) atoms. The summed E-state index contributed by atoms with van der Waals surface area (Å²) in [6, 6.07) is 6.05. The minimum Gasteiger partial charge on any atom is -0.497 e. The summed E-state index contributed by atoms with van der Waals surface area (Å²) in [6.45, 7) is 4.30. The molecule has 6 nitrogen and oxygen atoms in total. The summed E-state index contributed by atoms with van der Waals surface area (Å²) in [5.41, 5.74) is 1.76. The number of oxazole rings is 1. The van der Waals surface area contributed by atoms with E-state index in [1.165, 1.54) is 0 Å². The number of benzene rings is 1. The minimum absolute atomic E-state index is 0.445. The monoisotopic (exact) mass is 332 g/mol. The van der Waals surface area contributed by atoms with Crippen LogP contribution in [-0.4, -0.2) is 50.4 Å². The van der Waals surface area contributed by atoms with E-state index in [-0.39, 0.29) is 0 Å². The lowest BCUT2D eigenvalue weighted by atomic mass is 10.2. The maximum Gasteiger partial charge on any atom is 0.230 e. The molecule has 130 valence electrons. The number of rotatable bonds is 6. The fourth-order valence-corrected chi connectivity index (χ4v) is 2.90. The molecular weight excluding hydrogens is 308 g/mol. The van der Waals surface area contributed by atoms with Gasteiger partial charge in [-0.15, -0.1) is 0 Å². The summed E-state index contributed by atoms with van der Waals surface area (Å²) < 4.78 is 22.0. The SMILES string of the molecule is COc1ccc(-c2nc(CN(C)[C@H]3CCOC3)c(C)o2)c(OC)c1. The Labute approximate surface area is 142 Å². The van der Waals surface area contributed by atoms with E-state index in [9.17, 15) is 0 Å². The highest BCUT2D eigenvalue weighted by Crippen LogP contribution is 2.34. The van der Waals surface area contributed by atoms with Gasteiger partial charge in [-0.25, -0.2) is 4.98 Å². The van der Waals surface area contributed by atoms with Gasteiger partial charge in [0.2, 0.25) is 5.89 Å². The molecule has 2 aromatic rings. The predicted octanol–water partition coefficient (Wildman–Crippen LogP) is 2.89. The maximum atomic E-state index is 5.89. The van der Waals surface area contributed by atoms with E-state index in [1.54, 1.807) is 14.2 Å². The molecule has 3 rings (SSSR count). The molecular formula is C18H24N2O4. The molecule has 1 aromatic heterocycles. The van der Waals surface area contributed by atoms with Crippen molar-refractivity contribution in [1.29, 1.82) is 0 Å². The Bertz CT molecular complexity index is 692. The Morgan fingerprint density at radius 2 is 2.12 bits per heavy atom. The van der Waals surface area contributed by atoms with Gasteiger partial charge in [-0.1, -0.05) is 0 Å². The summed E-state index contributed by atoms with van der Waals surface area (Å²) in [5.74, 6) is 2.81. The molecule has 1 saturated heterocycles. The number of hydrogen-bond acceptors (Lipinski definition) is 6. The van der Waals surface area contributed by atoms with Crippen molar-refractivity contribution in [2.45, 2.75) is 25.9 Å². The fraction of sp³-hybridized carbons (Fsp3) is 0.500. The van der Waals surface area contributed by atoms with Crippen LogP contribution in [0.5, 0.6) is 11.5 Å². The third-order valence-corrected chi connectivity index (χ3v) is 4.46. The van der Waals surface area contributed by atoms with Crippen LogP contribution in [0.15, 0.2) is 22.6 Å². The highest BCUT2D eigenvalue weighted by Gasteiger charge is 2.23. The summed E-state index contributed by atoms with van der Waals surface area (Å²) in [7, 11) is 5.36. The zero-order valence-electron chi connectivity index (χ0n) is 14.7. The van der Waals surface area contributed by atoms with Crippen LogP contribution in [0.25, 0.3) is 11.5 Å². The molecule has 0 N–H and O–H groups in total. The van der Waals surface area contributed by atoms with Gasteiger partial charge in [-0.3, -0.25) is 4.90 Å². The number of hydrogen-bond donors (Lipinski definition) is 0. The predicted molar refractivity (Wildman–Crippen MR) is 90.5 cm³/mol. The molecule has 1 atom stereocenters. The quantitative estimate of drug-likeness (QED) is 0.811.